The Morgan fingerprint density at radius 1 is 1.23 bits per heavy atom. The van der Waals surface area contributed by atoms with Crippen molar-refractivity contribution >= 4 is 34.9 Å². The van der Waals surface area contributed by atoms with Crippen LogP contribution in [0.3, 0.4) is 0 Å². The Kier molecular flexibility index (Phi) is 8.84. The summed E-state index contributed by atoms with van der Waals surface area (Å²) in [6, 6.07) is 7.75. The van der Waals surface area contributed by atoms with Crippen molar-refractivity contribution in [1.29, 1.82) is 0 Å². The third-order valence-electron chi connectivity index (χ3n) is 3.11. The van der Waals surface area contributed by atoms with Crippen molar-refractivity contribution in [2.24, 2.45) is 0 Å². The monoisotopic (exact) mass is 400 g/mol. The summed E-state index contributed by atoms with van der Waals surface area (Å²) >= 11 is 11.7. The molecular weight excluding hydrogens is 383 g/mol. The van der Waals surface area contributed by atoms with Crippen molar-refractivity contribution in [2.75, 3.05) is 6.54 Å². The second-order valence-electron chi connectivity index (χ2n) is 5.11. The average Bonchev–Trinajstić information content (AvgIpc) is 2.58. The van der Waals surface area contributed by atoms with Crippen LogP contribution in [-0.2, 0) is 0 Å². The third-order valence-corrected chi connectivity index (χ3v) is 3.64. The summed E-state index contributed by atoms with van der Waals surface area (Å²) in [5.74, 6) is -1.36. The van der Waals surface area contributed by atoms with Gasteiger partial charge in [0.2, 0.25) is 0 Å². The number of rotatable bonds is 6. The van der Waals surface area contributed by atoms with Gasteiger partial charge in [-0.25, -0.2) is 0 Å². The van der Waals surface area contributed by atoms with Crippen LogP contribution in [0.4, 0.5) is 5.69 Å². The van der Waals surface area contributed by atoms with Crippen LogP contribution in [-0.4, -0.2) is 17.4 Å². The first-order valence-corrected chi connectivity index (χ1v) is 8.47. The highest BCUT2D eigenvalue weighted by Crippen LogP contribution is 2.33. The number of hydrogen-bond acceptors (Lipinski definition) is 5. The summed E-state index contributed by atoms with van der Waals surface area (Å²) in [5, 5.41) is 22.3. The van der Waals surface area contributed by atoms with Gasteiger partial charge in [0.15, 0.2) is 0 Å². The molecular formula is C17H18Cl2N2O5. The van der Waals surface area contributed by atoms with Gasteiger partial charge in [0.05, 0.1) is 28.0 Å². The molecule has 0 saturated carbocycles. The number of ether oxygens (including phenoxy) is 1. The van der Waals surface area contributed by atoms with E-state index in [4.69, 9.17) is 27.9 Å². The van der Waals surface area contributed by atoms with E-state index in [1.165, 1.54) is 37.1 Å². The first-order valence-electron chi connectivity index (χ1n) is 7.72. The van der Waals surface area contributed by atoms with Gasteiger partial charge in [-0.3, -0.25) is 10.1 Å². The van der Waals surface area contributed by atoms with E-state index in [0.717, 1.165) is 18.7 Å². The molecule has 0 fully saturated rings. The molecule has 0 amide bonds. The summed E-state index contributed by atoms with van der Waals surface area (Å²) < 4.78 is 5.39. The Balaban J connectivity index is 0.000000597. The fraction of sp³-hybridized carbons (Fsp3) is 0.235. The summed E-state index contributed by atoms with van der Waals surface area (Å²) in [7, 11) is 0. The number of carbonyl (C=O) groups excluding carboxylic acids is 1. The molecule has 0 heterocycles. The number of nitro groups is 1. The van der Waals surface area contributed by atoms with Crippen molar-refractivity contribution in [3.05, 3.63) is 62.1 Å². The minimum Gasteiger partial charge on any atom is -0.545 e. The lowest BCUT2D eigenvalue weighted by Gasteiger charge is -2.10. The van der Waals surface area contributed by atoms with Gasteiger partial charge >= 0.3 is 0 Å². The minimum absolute atomic E-state index is 0.0732. The van der Waals surface area contributed by atoms with Gasteiger partial charge in [0.1, 0.15) is 11.5 Å². The van der Waals surface area contributed by atoms with Crippen LogP contribution in [0.25, 0.3) is 0 Å². The molecule has 7 nitrogen and oxygen atoms in total. The highest BCUT2D eigenvalue weighted by Gasteiger charge is 2.16. The molecule has 0 aromatic heterocycles. The summed E-state index contributed by atoms with van der Waals surface area (Å²) in [6.07, 6.45) is 2.56. The zero-order valence-electron chi connectivity index (χ0n) is 14.0. The summed E-state index contributed by atoms with van der Waals surface area (Å²) in [4.78, 5) is 20.8. The normalized spacial score (nSPS) is 9.85. The molecule has 0 spiro atoms. The van der Waals surface area contributed by atoms with Crippen LogP contribution in [0.15, 0.2) is 36.4 Å². The highest BCUT2D eigenvalue weighted by atomic mass is 35.5. The lowest BCUT2D eigenvalue weighted by atomic mass is 10.1. The molecule has 26 heavy (non-hydrogen) atoms. The number of quaternary nitrogens is 1. The van der Waals surface area contributed by atoms with Crippen LogP contribution >= 0.6 is 23.2 Å². The molecule has 2 rings (SSSR count). The van der Waals surface area contributed by atoms with Gasteiger partial charge < -0.3 is 20.4 Å². The van der Waals surface area contributed by atoms with Gasteiger partial charge in [0, 0.05) is 11.1 Å². The van der Waals surface area contributed by atoms with Crippen molar-refractivity contribution in [3.63, 3.8) is 0 Å². The molecule has 9 heteroatoms. The topological polar surface area (TPSA) is 120 Å². The molecule has 0 aliphatic carbocycles. The van der Waals surface area contributed by atoms with Crippen molar-refractivity contribution in [1.82, 2.24) is 0 Å². The van der Waals surface area contributed by atoms with Crippen LogP contribution < -0.4 is 15.6 Å². The Morgan fingerprint density at radius 3 is 2.38 bits per heavy atom. The standard InChI is InChI=1S/C13H7Cl2NO5.C4H11N/c14-7-1-4-12(10(15)5-7)21-8-2-3-11(16(19)20)9(6-8)13(17)18;1-2-3-4-5/h1-6H,(H,17,18);2-5H2,1H3. The Morgan fingerprint density at radius 2 is 1.92 bits per heavy atom. The van der Waals surface area contributed by atoms with Gasteiger partial charge in [-0.05, 0) is 36.8 Å². The number of nitrogens with zero attached hydrogens (tertiary/aromatic N) is 1. The summed E-state index contributed by atoms with van der Waals surface area (Å²) in [5.41, 5.74) is 2.52. The van der Waals surface area contributed by atoms with Gasteiger partial charge in [0.25, 0.3) is 5.69 Å². The van der Waals surface area contributed by atoms with E-state index >= 15 is 0 Å². The number of carbonyl (C=O) groups is 1. The molecule has 0 atom stereocenters. The fourth-order valence-electron chi connectivity index (χ4n) is 1.84. The van der Waals surface area contributed by atoms with Crippen LogP contribution in [0.2, 0.25) is 10.0 Å². The van der Waals surface area contributed by atoms with E-state index in [1.807, 2.05) is 0 Å². The quantitative estimate of drug-likeness (QED) is 0.589. The van der Waals surface area contributed by atoms with E-state index in [0.29, 0.717) is 5.02 Å². The first kappa shape index (κ1) is 21.7. The number of benzene rings is 2. The number of carboxylic acid groups (broad SMARTS) is 1. The zero-order valence-corrected chi connectivity index (χ0v) is 15.5. The molecule has 0 aliphatic rings. The number of carboxylic acids is 1. The van der Waals surface area contributed by atoms with Crippen LogP contribution in [0, 0.1) is 10.1 Å². The van der Waals surface area contributed by atoms with Crippen LogP contribution in [0.5, 0.6) is 11.5 Å². The molecule has 0 unspecified atom stereocenters. The number of nitro benzene ring substituents is 1. The average molecular weight is 401 g/mol. The molecule has 0 radical (unpaired) electrons. The van der Waals surface area contributed by atoms with E-state index in [1.54, 1.807) is 0 Å². The van der Waals surface area contributed by atoms with Gasteiger partial charge in [-0.1, -0.05) is 36.5 Å². The maximum Gasteiger partial charge on any atom is 0.278 e. The Hall–Kier alpha value is -2.35. The lowest BCUT2D eigenvalue weighted by Crippen LogP contribution is -2.49. The predicted molar refractivity (Wildman–Crippen MR) is 96.6 cm³/mol. The Labute approximate surface area is 160 Å². The second kappa shape index (κ2) is 10.6. The number of aromatic carboxylic acids is 1. The smallest absolute Gasteiger partial charge is 0.278 e. The molecule has 0 bridgehead atoms. The lowest BCUT2D eigenvalue weighted by molar-refractivity contribution is -0.385. The number of halogens is 2. The second-order valence-corrected chi connectivity index (χ2v) is 5.95. The maximum absolute atomic E-state index is 10.9. The highest BCUT2D eigenvalue weighted by molar-refractivity contribution is 6.35. The zero-order chi connectivity index (χ0) is 19.7. The first-order chi connectivity index (χ1) is 12.3. The maximum atomic E-state index is 10.9. The number of unbranched alkanes of at least 4 members (excludes halogenated alkanes) is 1. The van der Waals surface area contributed by atoms with E-state index < -0.39 is 22.1 Å². The molecule has 2 aromatic rings. The molecule has 0 aliphatic heterocycles. The van der Waals surface area contributed by atoms with E-state index in [-0.39, 0.29) is 16.5 Å². The largest absolute Gasteiger partial charge is 0.545 e. The predicted octanol–water partition coefficient (Wildman–Crippen LogP) is 3.09. The fourth-order valence-corrected chi connectivity index (χ4v) is 2.28. The van der Waals surface area contributed by atoms with Crippen molar-refractivity contribution in [3.8, 4) is 11.5 Å². The van der Waals surface area contributed by atoms with E-state index in [9.17, 15) is 20.0 Å². The molecule has 0 saturated heterocycles. The van der Waals surface area contributed by atoms with Gasteiger partial charge in [-0.2, -0.15) is 0 Å². The van der Waals surface area contributed by atoms with Crippen LogP contribution in [0.1, 0.15) is 30.1 Å². The summed E-state index contributed by atoms with van der Waals surface area (Å²) in [6.45, 7) is 3.27. The molecule has 140 valence electrons. The van der Waals surface area contributed by atoms with Crippen molar-refractivity contribution in [2.45, 2.75) is 19.8 Å². The SMILES string of the molecule is CCCC[NH3+].O=C([O-])c1cc(Oc2ccc(Cl)cc2Cl)ccc1[N+](=O)[O-]. The van der Waals surface area contributed by atoms with Gasteiger partial charge in [-0.15, -0.1) is 0 Å². The van der Waals surface area contributed by atoms with Crippen molar-refractivity contribution < 1.29 is 25.3 Å². The third kappa shape index (κ3) is 6.51. The Bertz CT molecular complexity index is 782. The molecule has 2 aromatic carbocycles. The minimum atomic E-state index is -1.67. The molecule has 3 N–H and O–H groups in total. The van der Waals surface area contributed by atoms with E-state index in [2.05, 4.69) is 12.7 Å². The number of hydrogen-bond donors (Lipinski definition) is 1.